The maximum Gasteiger partial charge on any atom is 0.255 e. The van der Waals surface area contributed by atoms with Crippen molar-refractivity contribution in [2.45, 2.75) is 31.1 Å². The van der Waals surface area contributed by atoms with E-state index in [0.29, 0.717) is 54.6 Å². The molecule has 2 aliphatic heterocycles. The van der Waals surface area contributed by atoms with Gasteiger partial charge in [0.05, 0.1) is 4.90 Å². The SMILES string of the molecule is Cc1ccc(S(=O)(=O)N2CCCCC2)cc1C(=O)Nc1ccc2c(c1)OCCO2. The predicted octanol–water partition coefficient (Wildman–Crippen LogP) is 3.19. The summed E-state index contributed by atoms with van der Waals surface area (Å²) in [5, 5.41) is 2.82. The summed E-state index contributed by atoms with van der Waals surface area (Å²) in [5.41, 5.74) is 1.60. The van der Waals surface area contributed by atoms with Gasteiger partial charge in [0.1, 0.15) is 13.2 Å². The molecule has 1 saturated heterocycles. The van der Waals surface area contributed by atoms with Crippen LogP contribution >= 0.6 is 0 Å². The van der Waals surface area contributed by atoms with Gasteiger partial charge in [-0.15, -0.1) is 0 Å². The molecule has 7 nitrogen and oxygen atoms in total. The Kier molecular flexibility index (Phi) is 5.47. The van der Waals surface area contributed by atoms with Gasteiger partial charge in [-0.2, -0.15) is 4.31 Å². The molecule has 1 N–H and O–H groups in total. The first-order valence-electron chi connectivity index (χ1n) is 9.77. The molecule has 0 unspecified atom stereocenters. The molecule has 0 aliphatic carbocycles. The molecule has 0 atom stereocenters. The predicted molar refractivity (Wildman–Crippen MR) is 109 cm³/mol. The summed E-state index contributed by atoms with van der Waals surface area (Å²) in [7, 11) is -3.60. The van der Waals surface area contributed by atoms with Crippen LogP contribution in [0, 0.1) is 6.92 Å². The number of nitrogens with zero attached hydrogens (tertiary/aromatic N) is 1. The van der Waals surface area contributed by atoms with Crippen molar-refractivity contribution >= 4 is 21.6 Å². The molecule has 0 aromatic heterocycles. The zero-order valence-electron chi connectivity index (χ0n) is 16.3. The van der Waals surface area contributed by atoms with Crippen molar-refractivity contribution in [1.82, 2.24) is 4.31 Å². The van der Waals surface area contributed by atoms with Crippen LogP contribution < -0.4 is 14.8 Å². The van der Waals surface area contributed by atoms with Gasteiger partial charge < -0.3 is 14.8 Å². The van der Waals surface area contributed by atoms with E-state index in [0.717, 1.165) is 19.3 Å². The average Bonchev–Trinajstić information content (AvgIpc) is 2.74. The van der Waals surface area contributed by atoms with Crippen LogP contribution in [0.1, 0.15) is 35.2 Å². The second kappa shape index (κ2) is 8.04. The zero-order chi connectivity index (χ0) is 20.4. The van der Waals surface area contributed by atoms with Gasteiger partial charge in [0.25, 0.3) is 5.91 Å². The largest absolute Gasteiger partial charge is 0.486 e. The fourth-order valence-corrected chi connectivity index (χ4v) is 5.12. The number of piperidine rings is 1. The summed E-state index contributed by atoms with van der Waals surface area (Å²) in [4.78, 5) is 13.0. The number of carbonyl (C=O) groups is 1. The molecule has 0 radical (unpaired) electrons. The smallest absolute Gasteiger partial charge is 0.255 e. The number of sulfonamides is 1. The molecule has 1 amide bonds. The van der Waals surface area contributed by atoms with Crippen molar-refractivity contribution in [2.75, 3.05) is 31.6 Å². The number of fused-ring (bicyclic) bond motifs is 1. The van der Waals surface area contributed by atoms with Crippen LogP contribution in [0.5, 0.6) is 11.5 Å². The Morgan fingerprint density at radius 1 is 0.966 bits per heavy atom. The number of ether oxygens (including phenoxy) is 2. The number of aryl methyl sites for hydroxylation is 1. The Hall–Kier alpha value is -2.58. The lowest BCUT2D eigenvalue weighted by atomic mass is 10.1. The first-order valence-corrected chi connectivity index (χ1v) is 11.2. The summed E-state index contributed by atoms with van der Waals surface area (Å²) >= 11 is 0. The number of hydrogen-bond acceptors (Lipinski definition) is 5. The van der Waals surface area contributed by atoms with Gasteiger partial charge >= 0.3 is 0 Å². The molecule has 0 saturated carbocycles. The van der Waals surface area contributed by atoms with E-state index in [1.165, 1.54) is 10.4 Å². The second-order valence-electron chi connectivity index (χ2n) is 7.25. The summed E-state index contributed by atoms with van der Waals surface area (Å²) in [6.45, 7) is 3.79. The topological polar surface area (TPSA) is 84.9 Å². The Bertz CT molecular complexity index is 1030. The van der Waals surface area contributed by atoms with Crippen LogP contribution in [-0.2, 0) is 10.0 Å². The average molecular weight is 416 g/mol. The first kappa shape index (κ1) is 19.7. The van der Waals surface area contributed by atoms with Gasteiger partial charge in [0.15, 0.2) is 11.5 Å². The van der Waals surface area contributed by atoms with Crippen molar-refractivity contribution < 1.29 is 22.7 Å². The van der Waals surface area contributed by atoms with E-state index in [2.05, 4.69) is 5.32 Å². The normalized spacial score (nSPS) is 17.0. The zero-order valence-corrected chi connectivity index (χ0v) is 17.1. The van der Waals surface area contributed by atoms with Crippen molar-refractivity contribution in [3.63, 3.8) is 0 Å². The molecule has 2 aliphatic rings. The molecule has 2 aromatic rings. The number of nitrogens with one attached hydrogen (secondary N) is 1. The van der Waals surface area contributed by atoms with Crippen LogP contribution in [-0.4, -0.2) is 44.9 Å². The maximum atomic E-state index is 13.0. The minimum absolute atomic E-state index is 0.150. The third-order valence-electron chi connectivity index (χ3n) is 5.21. The van der Waals surface area contributed by atoms with E-state index in [-0.39, 0.29) is 10.8 Å². The van der Waals surface area contributed by atoms with Gasteiger partial charge in [0.2, 0.25) is 10.0 Å². The lowest BCUT2D eigenvalue weighted by Gasteiger charge is -2.26. The second-order valence-corrected chi connectivity index (χ2v) is 9.19. The molecule has 2 aromatic carbocycles. The highest BCUT2D eigenvalue weighted by atomic mass is 32.2. The highest BCUT2D eigenvalue weighted by molar-refractivity contribution is 7.89. The molecular weight excluding hydrogens is 392 g/mol. The third-order valence-corrected chi connectivity index (χ3v) is 7.10. The minimum Gasteiger partial charge on any atom is -0.486 e. The minimum atomic E-state index is -3.60. The van der Waals surface area contributed by atoms with Gasteiger partial charge in [0, 0.05) is 30.4 Å². The number of carbonyl (C=O) groups excluding carboxylic acids is 1. The number of amides is 1. The maximum absolute atomic E-state index is 13.0. The van der Waals surface area contributed by atoms with Gasteiger partial charge in [-0.25, -0.2) is 8.42 Å². The molecule has 1 fully saturated rings. The number of rotatable bonds is 4. The van der Waals surface area contributed by atoms with Crippen LogP contribution in [0.2, 0.25) is 0 Å². The molecule has 0 spiro atoms. The molecule has 0 bridgehead atoms. The molecule has 4 rings (SSSR count). The molecular formula is C21H24N2O5S. The van der Waals surface area contributed by atoms with Crippen LogP contribution in [0.4, 0.5) is 5.69 Å². The van der Waals surface area contributed by atoms with Crippen LogP contribution in [0.25, 0.3) is 0 Å². The molecule has 29 heavy (non-hydrogen) atoms. The van der Waals surface area contributed by atoms with E-state index in [1.54, 1.807) is 37.3 Å². The Morgan fingerprint density at radius 2 is 1.69 bits per heavy atom. The van der Waals surface area contributed by atoms with E-state index >= 15 is 0 Å². The third kappa shape index (κ3) is 4.09. The van der Waals surface area contributed by atoms with E-state index in [1.807, 2.05) is 0 Å². The van der Waals surface area contributed by atoms with Crippen molar-refractivity contribution in [3.05, 3.63) is 47.5 Å². The number of hydrogen-bond donors (Lipinski definition) is 1. The lowest BCUT2D eigenvalue weighted by molar-refractivity contribution is 0.102. The first-order chi connectivity index (χ1) is 13.9. The Balaban J connectivity index is 1.58. The lowest BCUT2D eigenvalue weighted by Crippen LogP contribution is -2.35. The Morgan fingerprint density at radius 3 is 2.45 bits per heavy atom. The van der Waals surface area contributed by atoms with E-state index < -0.39 is 10.0 Å². The Labute approximate surface area is 170 Å². The highest BCUT2D eigenvalue weighted by Crippen LogP contribution is 2.33. The molecule has 154 valence electrons. The van der Waals surface area contributed by atoms with Crippen LogP contribution in [0.3, 0.4) is 0 Å². The van der Waals surface area contributed by atoms with Crippen molar-refractivity contribution in [2.24, 2.45) is 0 Å². The van der Waals surface area contributed by atoms with Gasteiger partial charge in [-0.3, -0.25) is 4.79 Å². The van der Waals surface area contributed by atoms with Crippen molar-refractivity contribution in [3.8, 4) is 11.5 Å². The van der Waals surface area contributed by atoms with Gasteiger partial charge in [-0.1, -0.05) is 12.5 Å². The molecule has 8 heteroatoms. The van der Waals surface area contributed by atoms with Crippen molar-refractivity contribution in [1.29, 1.82) is 0 Å². The standard InChI is InChI=1S/C21H24N2O5S/c1-15-5-7-17(29(25,26)23-9-3-2-4-10-23)14-18(15)21(24)22-16-6-8-19-20(13-16)28-12-11-27-19/h5-8,13-14H,2-4,9-12H2,1H3,(H,22,24). The summed E-state index contributed by atoms with van der Waals surface area (Å²) in [6.07, 6.45) is 2.77. The van der Waals surface area contributed by atoms with Gasteiger partial charge in [-0.05, 0) is 49.6 Å². The van der Waals surface area contributed by atoms with E-state index in [9.17, 15) is 13.2 Å². The molecule has 2 heterocycles. The summed E-state index contributed by atoms with van der Waals surface area (Å²) < 4.78 is 38.4. The fourth-order valence-electron chi connectivity index (χ4n) is 3.58. The number of benzene rings is 2. The van der Waals surface area contributed by atoms with E-state index in [4.69, 9.17) is 9.47 Å². The van der Waals surface area contributed by atoms with Crippen LogP contribution in [0.15, 0.2) is 41.3 Å². The summed E-state index contributed by atoms with van der Waals surface area (Å²) in [5.74, 6) is 0.849. The monoisotopic (exact) mass is 416 g/mol. The number of anilines is 1. The fraction of sp³-hybridized carbons (Fsp3) is 0.381. The quantitative estimate of drug-likeness (QED) is 0.827. The summed E-state index contributed by atoms with van der Waals surface area (Å²) in [6, 6.07) is 9.89. The highest BCUT2D eigenvalue weighted by Gasteiger charge is 2.27.